The quantitative estimate of drug-likeness (QED) is 0.412. The van der Waals surface area contributed by atoms with Gasteiger partial charge in [0.05, 0.1) is 22.0 Å². The standard InChI is InChI=1S/C27H28N4OS/c1-20-24(27(32)30-15-13-29(14-16-30)23-11-7-4-8-12-23)17-26(25-19-33-21(2)28-25)31(20)18-22-9-5-3-6-10-22/h3-12,17,19H,13-16,18H2,1-2H3. The summed E-state index contributed by atoms with van der Waals surface area (Å²) < 4.78 is 2.23. The van der Waals surface area contributed by atoms with Crippen molar-refractivity contribution in [2.75, 3.05) is 31.1 Å². The van der Waals surface area contributed by atoms with E-state index >= 15 is 0 Å². The van der Waals surface area contributed by atoms with Crippen molar-refractivity contribution in [3.63, 3.8) is 0 Å². The molecule has 0 saturated carbocycles. The SMILES string of the molecule is Cc1nc(-c2cc(C(=O)N3CCN(c4ccccc4)CC3)c(C)n2Cc2ccccc2)cs1. The van der Waals surface area contributed by atoms with E-state index in [9.17, 15) is 4.79 Å². The topological polar surface area (TPSA) is 41.4 Å². The number of hydrogen-bond acceptors (Lipinski definition) is 4. The molecule has 0 N–H and O–H groups in total. The van der Waals surface area contributed by atoms with Crippen LogP contribution in [0.15, 0.2) is 72.1 Å². The van der Waals surface area contributed by atoms with Crippen LogP contribution in [-0.2, 0) is 6.54 Å². The van der Waals surface area contributed by atoms with Gasteiger partial charge in [0.15, 0.2) is 0 Å². The molecule has 6 heteroatoms. The van der Waals surface area contributed by atoms with Gasteiger partial charge in [0.25, 0.3) is 5.91 Å². The summed E-state index contributed by atoms with van der Waals surface area (Å²) in [5.74, 6) is 0.111. The molecule has 1 amide bonds. The first-order chi connectivity index (χ1) is 16.1. The number of aromatic nitrogens is 2. The van der Waals surface area contributed by atoms with Crippen LogP contribution in [0.5, 0.6) is 0 Å². The van der Waals surface area contributed by atoms with Gasteiger partial charge >= 0.3 is 0 Å². The number of carbonyl (C=O) groups is 1. The fraction of sp³-hybridized carbons (Fsp3) is 0.259. The highest BCUT2D eigenvalue weighted by molar-refractivity contribution is 7.09. The lowest BCUT2D eigenvalue weighted by Crippen LogP contribution is -2.48. The van der Waals surface area contributed by atoms with E-state index in [0.29, 0.717) is 6.54 Å². The summed E-state index contributed by atoms with van der Waals surface area (Å²) in [5, 5.41) is 3.11. The van der Waals surface area contributed by atoms with Crippen molar-refractivity contribution in [2.45, 2.75) is 20.4 Å². The summed E-state index contributed by atoms with van der Waals surface area (Å²) >= 11 is 1.64. The van der Waals surface area contributed by atoms with Crippen molar-refractivity contribution in [1.82, 2.24) is 14.5 Å². The first-order valence-electron chi connectivity index (χ1n) is 11.4. The van der Waals surface area contributed by atoms with E-state index in [1.165, 1.54) is 11.3 Å². The molecule has 2 aromatic heterocycles. The van der Waals surface area contributed by atoms with E-state index in [1.54, 1.807) is 11.3 Å². The molecule has 33 heavy (non-hydrogen) atoms. The molecule has 4 aromatic rings. The van der Waals surface area contributed by atoms with Crippen LogP contribution in [0.4, 0.5) is 5.69 Å². The lowest BCUT2D eigenvalue weighted by atomic mass is 10.1. The minimum atomic E-state index is 0.111. The van der Waals surface area contributed by atoms with Crippen LogP contribution in [0.3, 0.4) is 0 Å². The summed E-state index contributed by atoms with van der Waals surface area (Å²) in [5.41, 5.74) is 6.14. The highest BCUT2D eigenvalue weighted by Crippen LogP contribution is 2.29. The first kappa shape index (κ1) is 21.5. The average Bonchev–Trinajstić information content (AvgIpc) is 3.43. The second-order valence-corrected chi connectivity index (χ2v) is 9.53. The molecule has 0 atom stereocenters. The third-order valence-corrected chi connectivity index (χ3v) is 7.12. The molecule has 3 heterocycles. The van der Waals surface area contributed by atoms with Gasteiger partial charge in [-0.2, -0.15) is 0 Å². The minimum Gasteiger partial charge on any atom is -0.368 e. The number of aryl methyl sites for hydroxylation is 1. The molecule has 0 unspecified atom stereocenters. The van der Waals surface area contributed by atoms with Gasteiger partial charge in [-0.3, -0.25) is 4.79 Å². The van der Waals surface area contributed by atoms with Crippen molar-refractivity contribution in [1.29, 1.82) is 0 Å². The van der Waals surface area contributed by atoms with Gasteiger partial charge in [-0.1, -0.05) is 48.5 Å². The van der Waals surface area contributed by atoms with Crippen LogP contribution in [0.2, 0.25) is 0 Å². The summed E-state index contributed by atoms with van der Waals surface area (Å²) in [7, 11) is 0. The molecule has 1 aliphatic heterocycles. The van der Waals surface area contributed by atoms with Crippen LogP contribution in [0, 0.1) is 13.8 Å². The zero-order chi connectivity index (χ0) is 22.8. The third-order valence-electron chi connectivity index (χ3n) is 6.35. The lowest BCUT2D eigenvalue weighted by Gasteiger charge is -2.36. The monoisotopic (exact) mass is 456 g/mol. The number of amides is 1. The first-order valence-corrected chi connectivity index (χ1v) is 12.2. The van der Waals surface area contributed by atoms with Crippen LogP contribution in [-0.4, -0.2) is 46.5 Å². The number of nitrogens with zero attached hydrogens (tertiary/aromatic N) is 4. The van der Waals surface area contributed by atoms with Gasteiger partial charge in [-0.25, -0.2) is 4.98 Å². The Morgan fingerprint density at radius 2 is 1.61 bits per heavy atom. The second-order valence-electron chi connectivity index (χ2n) is 8.47. The highest BCUT2D eigenvalue weighted by atomic mass is 32.1. The fourth-order valence-corrected chi connectivity index (χ4v) is 5.11. The Balaban J connectivity index is 1.41. The van der Waals surface area contributed by atoms with Crippen molar-refractivity contribution in [2.24, 2.45) is 0 Å². The van der Waals surface area contributed by atoms with Gasteiger partial charge in [0.2, 0.25) is 0 Å². The van der Waals surface area contributed by atoms with Crippen molar-refractivity contribution in [3.8, 4) is 11.4 Å². The van der Waals surface area contributed by atoms with Crippen molar-refractivity contribution in [3.05, 3.63) is 93.9 Å². The van der Waals surface area contributed by atoms with Crippen LogP contribution >= 0.6 is 11.3 Å². The number of rotatable bonds is 5. The van der Waals surface area contributed by atoms with Crippen LogP contribution in [0.1, 0.15) is 26.6 Å². The Bertz CT molecular complexity index is 1240. The van der Waals surface area contributed by atoms with E-state index in [4.69, 9.17) is 4.98 Å². The molecule has 1 saturated heterocycles. The van der Waals surface area contributed by atoms with Crippen molar-refractivity contribution >= 4 is 22.9 Å². The molecule has 0 radical (unpaired) electrons. The smallest absolute Gasteiger partial charge is 0.255 e. The Morgan fingerprint density at radius 1 is 0.939 bits per heavy atom. The Kier molecular flexibility index (Phi) is 6.01. The summed E-state index contributed by atoms with van der Waals surface area (Å²) in [6.45, 7) is 7.93. The van der Waals surface area contributed by atoms with E-state index in [-0.39, 0.29) is 5.91 Å². The number of hydrogen-bond donors (Lipinski definition) is 0. The molecule has 1 aliphatic rings. The summed E-state index contributed by atoms with van der Waals surface area (Å²) in [6, 6.07) is 22.9. The summed E-state index contributed by atoms with van der Waals surface area (Å²) in [6.07, 6.45) is 0. The number of piperazine rings is 1. The number of thiazole rings is 1. The van der Waals surface area contributed by atoms with Gasteiger partial charge in [0.1, 0.15) is 0 Å². The zero-order valence-corrected chi connectivity index (χ0v) is 19.9. The molecule has 168 valence electrons. The van der Waals surface area contributed by atoms with Crippen LogP contribution < -0.4 is 4.90 Å². The molecule has 0 aliphatic carbocycles. The van der Waals surface area contributed by atoms with Gasteiger partial charge < -0.3 is 14.4 Å². The molecule has 2 aromatic carbocycles. The van der Waals surface area contributed by atoms with Crippen LogP contribution in [0.25, 0.3) is 11.4 Å². The average molecular weight is 457 g/mol. The highest BCUT2D eigenvalue weighted by Gasteiger charge is 2.26. The number of benzene rings is 2. The zero-order valence-electron chi connectivity index (χ0n) is 19.1. The normalized spacial score (nSPS) is 14.0. The predicted octanol–water partition coefficient (Wildman–Crippen LogP) is 5.24. The molecule has 0 spiro atoms. The maximum Gasteiger partial charge on any atom is 0.255 e. The summed E-state index contributed by atoms with van der Waals surface area (Å²) in [4.78, 5) is 22.7. The number of anilines is 1. The van der Waals surface area contributed by atoms with E-state index in [1.807, 2.05) is 30.0 Å². The number of carbonyl (C=O) groups excluding carboxylic acids is 1. The van der Waals surface area contributed by atoms with Gasteiger partial charge in [0, 0.05) is 49.5 Å². The Hall–Kier alpha value is -3.38. The van der Waals surface area contributed by atoms with Gasteiger partial charge in [-0.05, 0) is 37.6 Å². The Labute approximate surface area is 198 Å². The molecule has 5 nitrogen and oxygen atoms in total. The van der Waals surface area contributed by atoms with E-state index in [2.05, 4.69) is 70.3 Å². The molecule has 5 rings (SSSR count). The molecule has 1 fully saturated rings. The fourth-order valence-electron chi connectivity index (χ4n) is 4.50. The largest absolute Gasteiger partial charge is 0.368 e. The van der Waals surface area contributed by atoms with Crippen molar-refractivity contribution < 1.29 is 4.79 Å². The Morgan fingerprint density at radius 3 is 2.24 bits per heavy atom. The maximum atomic E-state index is 13.6. The third kappa shape index (κ3) is 4.44. The molecular formula is C27H28N4OS. The lowest BCUT2D eigenvalue weighted by molar-refractivity contribution is 0.0746. The van der Waals surface area contributed by atoms with E-state index in [0.717, 1.165) is 53.8 Å². The number of para-hydroxylation sites is 1. The predicted molar refractivity (Wildman–Crippen MR) is 135 cm³/mol. The molecule has 0 bridgehead atoms. The van der Waals surface area contributed by atoms with Gasteiger partial charge in [-0.15, -0.1) is 11.3 Å². The molecular weight excluding hydrogens is 428 g/mol. The second kappa shape index (κ2) is 9.24. The minimum absolute atomic E-state index is 0.111. The van der Waals surface area contributed by atoms with E-state index < -0.39 is 0 Å². The maximum absolute atomic E-state index is 13.6.